The highest BCUT2D eigenvalue weighted by atomic mass is 79.9. The normalized spacial score (nSPS) is 16.8. The average molecular weight is 374 g/mol. The van der Waals surface area contributed by atoms with Crippen molar-refractivity contribution in [3.63, 3.8) is 0 Å². The number of carbonyl (C=O) groups excluding carboxylic acids is 1. The molecule has 2 aromatic rings. The van der Waals surface area contributed by atoms with Crippen LogP contribution in [0.5, 0.6) is 0 Å². The topological polar surface area (TPSA) is 38.3 Å². The van der Waals surface area contributed by atoms with Crippen molar-refractivity contribution in [2.45, 2.75) is 25.4 Å². The van der Waals surface area contributed by atoms with Crippen LogP contribution in [0.25, 0.3) is 0 Å². The van der Waals surface area contributed by atoms with Crippen LogP contribution in [0.15, 0.2) is 53.0 Å². The number of benzene rings is 2. The van der Waals surface area contributed by atoms with Gasteiger partial charge in [0.2, 0.25) is 0 Å². The van der Waals surface area contributed by atoms with Crippen molar-refractivity contribution < 1.29 is 9.53 Å². The lowest BCUT2D eigenvalue weighted by Crippen LogP contribution is -2.43. The highest BCUT2D eigenvalue weighted by molar-refractivity contribution is 9.10. The van der Waals surface area contributed by atoms with Gasteiger partial charge in [-0.15, -0.1) is 0 Å². The summed E-state index contributed by atoms with van der Waals surface area (Å²) in [5.74, 6) is -0.249. The molecule has 3 nitrogen and oxygen atoms in total. The smallest absolute Gasteiger partial charge is 0.339 e. The van der Waals surface area contributed by atoms with Gasteiger partial charge in [-0.05, 0) is 49.3 Å². The monoisotopic (exact) mass is 373 g/mol. The summed E-state index contributed by atoms with van der Waals surface area (Å²) in [6.07, 6.45) is 1.58. The Morgan fingerprint density at radius 2 is 1.83 bits per heavy atom. The quantitative estimate of drug-likeness (QED) is 0.819. The number of nitrogens with one attached hydrogen (secondary N) is 1. The highest BCUT2D eigenvalue weighted by Gasteiger charge is 2.38. The molecular formula is C19H20BrNO2. The molecule has 0 saturated carbocycles. The summed E-state index contributed by atoms with van der Waals surface area (Å²) in [6, 6.07) is 15.7. The second kappa shape index (κ2) is 6.85. The zero-order valence-electron chi connectivity index (χ0n) is 13.1. The van der Waals surface area contributed by atoms with Crippen molar-refractivity contribution in [1.29, 1.82) is 0 Å². The third-order valence-electron chi connectivity index (χ3n) is 4.41. The number of hydrogen-bond acceptors (Lipinski definition) is 3. The molecule has 2 aromatic carbocycles. The maximum atomic E-state index is 12.8. The molecule has 1 N–H and O–H groups in total. The molecule has 1 saturated heterocycles. The van der Waals surface area contributed by atoms with Crippen LogP contribution in [0.3, 0.4) is 0 Å². The third kappa shape index (κ3) is 3.48. The van der Waals surface area contributed by atoms with Gasteiger partial charge in [0.25, 0.3) is 0 Å². The molecule has 1 aliphatic heterocycles. The molecule has 0 amide bonds. The number of carbonyl (C=O) groups is 1. The van der Waals surface area contributed by atoms with Crippen molar-refractivity contribution in [2.24, 2.45) is 0 Å². The Morgan fingerprint density at radius 3 is 2.48 bits per heavy atom. The first kappa shape index (κ1) is 16.2. The molecule has 0 spiro atoms. The predicted molar refractivity (Wildman–Crippen MR) is 94.5 cm³/mol. The number of halogens is 1. The van der Waals surface area contributed by atoms with E-state index in [0.29, 0.717) is 5.56 Å². The molecule has 1 heterocycles. The molecule has 4 heteroatoms. The second-order valence-electron chi connectivity index (χ2n) is 5.96. The summed E-state index contributed by atoms with van der Waals surface area (Å²) < 4.78 is 7.04. The average Bonchev–Trinajstić information content (AvgIpc) is 2.56. The van der Waals surface area contributed by atoms with Gasteiger partial charge in [0.05, 0.1) is 5.56 Å². The van der Waals surface area contributed by atoms with Crippen molar-refractivity contribution in [2.75, 3.05) is 13.1 Å². The molecule has 0 atom stereocenters. The highest BCUT2D eigenvalue weighted by Crippen LogP contribution is 2.36. The Balaban J connectivity index is 1.91. The van der Waals surface area contributed by atoms with Gasteiger partial charge in [-0.1, -0.05) is 46.3 Å². The van der Waals surface area contributed by atoms with Crippen molar-refractivity contribution in [3.05, 3.63) is 69.7 Å². The first-order chi connectivity index (χ1) is 11.1. The van der Waals surface area contributed by atoms with Crippen LogP contribution >= 0.6 is 15.9 Å². The lowest BCUT2D eigenvalue weighted by molar-refractivity contribution is -0.0379. The third-order valence-corrected chi connectivity index (χ3v) is 4.90. The fourth-order valence-electron chi connectivity index (χ4n) is 3.11. The van der Waals surface area contributed by atoms with Gasteiger partial charge in [-0.25, -0.2) is 4.79 Å². The van der Waals surface area contributed by atoms with Crippen LogP contribution in [0, 0.1) is 6.92 Å². The van der Waals surface area contributed by atoms with Gasteiger partial charge in [-0.3, -0.25) is 0 Å². The van der Waals surface area contributed by atoms with E-state index in [9.17, 15) is 4.79 Å². The molecule has 1 aliphatic rings. The number of esters is 1. The number of aryl methyl sites for hydroxylation is 1. The summed E-state index contributed by atoms with van der Waals surface area (Å²) in [4.78, 5) is 12.8. The molecular weight excluding hydrogens is 354 g/mol. The van der Waals surface area contributed by atoms with E-state index < -0.39 is 5.60 Å². The Morgan fingerprint density at radius 1 is 1.13 bits per heavy atom. The van der Waals surface area contributed by atoms with Crippen LogP contribution in [-0.2, 0) is 10.3 Å². The van der Waals surface area contributed by atoms with E-state index >= 15 is 0 Å². The van der Waals surface area contributed by atoms with Crippen LogP contribution in [0.2, 0.25) is 0 Å². The summed E-state index contributed by atoms with van der Waals surface area (Å²) in [6.45, 7) is 3.63. The first-order valence-electron chi connectivity index (χ1n) is 7.86. The Kier molecular flexibility index (Phi) is 4.83. The zero-order chi connectivity index (χ0) is 16.3. The predicted octanol–water partition coefficient (Wildman–Crippen LogP) is 4.19. The van der Waals surface area contributed by atoms with Crippen molar-refractivity contribution in [1.82, 2.24) is 5.32 Å². The van der Waals surface area contributed by atoms with E-state index in [1.807, 2.05) is 55.5 Å². The van der Waals surface area contributed by atoms with Crippen molar-refractivity contribution in [3.8, 4) is 0 Å². The molecule has 0 aromatic heterocycles. The minimum absolute atomic E-state index is 0.249. The van der Waals surface area contributed by atoms with Gasteiger partial charge < -0.3 is 10.1 Å². The van der Waals surface area contributed by atoms with Crippen LogP contribution in [0.1, 0.15) is 34.3 Å². The summed E-state index contributed by atoms with van der Waals surface area (Å²) in [5, 5.41) is 3.34. The lowest BCUT2D eigenvalue weighted by Gasteiger charge is -2.37. The maximum absolute atomic E-state index is 12.8. The van der Waals surface area contributed by atoms with E-state index in [-0.39, 0.29) is 5.97 Å². The summed E-state index contributed by atoms with van der Waals surface area (Å²) in [5.41, 5.74) is 2.08. The Labute approximate surface area is 145 Å². The molecule has 1 fully saturated rings. The number of ether oxygens (including phenoxy) is 1. The van der Waals surface area contributed by atoms with E-state index in [0.717, 1.165) is 41.5 Å². The number of rotatable bonds is 3. The van der Waals surface area contributed by atoms with Gasteiger partial charge in [0.15, 0.2) is 0 Å². The SMILES string of the molecule is Cc1cc(Br)ccc1C(=O)OC1(c2ccccc2)CCNCC1. The lowest BCUT2D eigenvalue weighted by atomic mass is 9.84. The molecule has 0 aliphatic carbocycles. The van der Waals surface area contributed by atoms with Crippen molar-refractivity contribution >= 4 is 21.9 Å². The van der Waals surface area contributed by atoms with Crippen LogP contribution in [-0.4, -0.2) is 19.1 Å². The molecule has 0 bridgehead atoms. The summed E-state index contributed by atoms with van der Waals surface area (Å²) >= 11 is 3.43. The minimum Gasteiger partial charge on any atom is -0.450 e. The van der Waals surface area contributed by atoms with Crippen LogP contribution in [0.4, 0.5) is 0 Å². The van der Waals surface area contributed by atoms with Crippen LogP contribution < -0.4 is 5.32 Å². The summed E-state index contributed by atoms with van der Waals surface area (Å²) in [7, 11) is 0. The zero-order valence-corrected chi connectivity index (χ0v) is 14.7. The van der Waals surface area contributed by atoms with E-state index in [2.05, 4.69) is 21.2 Å². The van der Waals surface area contributed by atoms with E-state index in [1.165, 1.54) is 0 Å². The number of piperidine rings is 1. The Hall–Kier alpha value is -1.65. The fraction of sp³-hybridized carbons (Fsp3) is 0.316. The maximum Gasteiger partial charge on any atom is 0.339 e. The molecule has 0 radical (unpaired) electrons. The standard InChI is InChI=1S/C19H20BrNO2/c1-14-13-16(20)7-8-17(14)18(22)23-19(9-11-21-12-10-19)15-5-3-2-4-6-15/h2-8,13,21H,9-12H2,1H3. The minimum atomic E-state index is -0.539. The van der Waals surface area contributed by atoms with E-state index in [1.54, 1.807) is 0 Å². The van der Waals surface area contributed by atoms with Gasteiger partial charge in [0.1, 0.15) is 5.60 Å². The largest absolute Gasteiger partial charge is 0.450 e. The molecule has 120 valence electrons. The molecule has 3 rings (SSSR count). The van der Waals surface area contributed by atoms with E-state index in [4.69, 9.17) is 4.74 Å². The van der Waals surface area contributed by atoms with Gasteiger partial charge >= 0.3 is 5.97 Å². The van der Waals surface area contributed by atoms with Gasteiger partial charge in [0, 0.05) is 17.3 Å². The molecule has 0 unspecified atom stereocenters. The first-order valence-corrected chi connectivity index (χ1v) is 8.66. The second-order valence-corrected chi connectivity index (χ2v) is 6.87. The Bertz CT molecular complexity index is 694. The fourth-order valence-corrected chi connectivity index (χ4v) is 3.59. The van der Waals surface area contributed by atoms with Gasteiger partial charge in [-0.2, -0.15) is 0 Å². The molecule has 23 heavy (non-hydrogen) atoms. The number of hydrogen-bond donors (Lipinski definition) is 1.